The zero-order valence-electron chi connectivity index (χ0n) is 11.2. The van der Waals surface area contributed by atoms with E-state index in [0.717, 1.165) is 18.4 Å². The molecule has 6 heteroatoms. The van der Waals surface area contributed by atoms with Crippen molar-refractivity contribution in [3.05, 3.63) is 53.2 Å². The summed E-state index contributed by atoms with van der Waals surface area (Å²) in [5.74, 6) is 0.0189. The zero-order valence-corrected chi connectivity index (χ0v) is 12.8. The molecule has 108 valence electrons. The summed E-state index contributed by atoms with van der Waals surface area (Å²) in [6.07, 6.45) is 2.14. The molecule has 1 fully saturated rings. The van der Waals surface area contributed by atoms with Gasteiger partial charge in [-0.2, -0.15) is 0 Å². The number of rotatable bonds is 5. The van der Waals surface area contributed by atoms with Crippen LogP contribution in [0.25, 0.3) is 0 Å². The molecule has 3 rings (SSSR count). The Hall–Kier alpha value is -1.59. The first-order valence-electron chi connectivity index (χ1n) is 6.73. The standard InChI is InChI=1S/C15H14ClN3OS/c16-12-8-9-13(19-18-12)21-14(10-4-2-1-3-5-10)15(20)17-11-6-7-11/h1-5,8-9,11,14H,6-7H2,(H,17,20)/t14-/m0/s1. The molecule has 1 heterocycles. The molecule has 1 N–H and O–H groups in total. The third-order valence-electron chi connectivity index (χ3n) is 3.11. The van der Waals surface area contributed by atoms with Crippen molar-refractivity contribution in [1.29, 1.82) is 0 Å². The number of carbonyl (C=O) groups excluding carboxylic acids is 1. The number of hydrogen-bond acceptors (Lipinski definition) is 4. The predicted octanol–water partition coefficient (Wildman–Crippen LogP) is 3.24. The Kier molecular flexibility index (Phi) is 4.41. The molecule has 21 heavy (non-hydrogen) atoms. The van der Waals surface area contributed by atoms with Crippen molar-refractivity contribution in [3.8, 4) is 0 Å². The molecule has 0 radical (unpaired) electrons. The molecule has 4 nitrogen and oxygen atoms in total. The Morgan fingerprint density at radius 3 is 2.57 bits per heavy atom. The minimum absolute atomic E-state index is 0.0189. The Morgan fingerprint density at radius 2 is 1.95 bits per heavy atom. The number of carbonyl (C=O) groups is 1. The van der Waals surface area contributed by atoms with Crippen LogP contribution in [0.3, 0.4) is 0 Å². The normalized spacial score (nSPS) is 15.5. The fraction of sp³-hybridized carbons (Fsp3) is 0.267. The van der Waals surface area contributed by atoms with Crippen LogP contribution in [0.1, 0.15) is 23.7 Å². The number of nitrogens with one attached hydrogen (secondary N) is 1. The Balaban J connectivity index is 1.80. The second kappa shape index (κ2) is 6.45. The monoisotopic (exact) mass is 319 g/mol. The van der Waals surface area contributed by atoms with Gasteiger partial charge in [0.15, 0.2) is 5.15 Å². The first-order valence-corrected chi connectivity index (χ1v) is 7.99. The van der Waals surface area contributed by atoms with Crippen molar-refractivity contribution in [3.63, 3.8) is 0 Å². The molecule has 1 aliphatic carbocycles. The van der Waals surface area contributed by atoms with E-state index in [1.807, 2.05) is 30.3 Å². The number of nitrogens with zero attached hydrogens (tertiary/aromatic N) is 2. The van der Waals surface area contributed by atoms with E-state index in [9.17, 15) is 4.79 Å². The third-order valence-corrected chi connectivity index (χ3v) is 4.49. The molecule has 1 saturated carbocycles. The number of amides is 1. The van der Waals surface area contributed by atoms with E-state index in [1.54, 1.807) is 12.1 Å². The van der Waals surface area contributed by atoms with Gasteiger partial charge in [0.05, 0.1) is 0 Å². The molecule has 0 aliphatic heterocycles. The Labute approximate surface area is 132 Å². The second-order valence-electron chi connectivity index (χ2n) is 4.89. The van der Waals surface area contributed by atoms with Crippen LogP contribution >= 0.6 is 23.4 Å². The van der Waals surface area contributed by atoms with Crippen LogP contribution in [-0.4, -0.2) is 22.1 Å². The molecule has 0 spiro atoms. The van der Waals surface area contributed by atoms with Gasteiger partial charge in [-0.25, -0.2) is 0 Å². The molecule has 2 aromatic rings. The van der Waals surface area contributed by atoms with Crippen LogP contribution in [-0.2, 0) is 4.79 Å². The van der Waals surface area contributed by atoms with Crippen LogP contribution in [0.5, 0.6) is 0 Å². The smallest absolute Gasteiger partial charge is 0.238 e. The molecule has 1 aliphatic rings. The molecular weight excluding hydrogens is 306 g/mol. The average Bonchev–Trinajstić information content (AvgIpc) is 3.31. The lowest BCUT2D eigenvalue weighted by atomic mass is 10.1. The van der Waals surface area contributed by atoms with Gasteiger partial charge in [0.1, 0.15) is 10.3 Å². The highest BCUT2D eigenvalue weighted by molar-refractivity contribution is 8.00. The van der Waals surface area contributed by atoms with E-state index in [4.69, 9.17) is 11.6 Å². The maximum Gasteiger partial charge on any atom is 0.238 e. The summed E-state index contributed by atoms with van der Waals surface area (Å²) in [4.78, 5) is 12.5. The molecule has 0 unspecified atom stereocenters. The van der Waals surface area contributed by atoms with E-state index in [-0.39, 0.29) is 11.2 Å². The van der Waals surface area contributed by atoms with Crippen LogP contribution in [0.2, 0.25) is 5.15 Å². The van der Waals surface area contributed by atoms with Crippen molar-refractivity contribution in [2.75, 3.05) is 0 Å². The van der Waals surface area contributed by atoms with Crippen LogP contribution in [0.15, 0.2) is 47.5 Å². The molecular formula is C15H14ClN3OS. The van der Waals surface area contributed by atoms with E-state index >= 15 is 0 Å². The van der Waals surface area contributed by atoms with Gasteiger partial charge in [-0.3, -0.25) is 4.79 Å². The molecule has 1 aromatic carbocycles. The maximum absolute atomic E-state index is 12.5. The van der Waals surface area contributed by atoms with Gasteiger partial charge < -0.3 is 5.32 Å². The minimum atomic E-state index is -0.331. The first kappa shape index (κ1) is 14.4. The summed E-state index contributed by atoms with van der Waals surface area (Å²) in [5.41, 5.74) is 0.956. The van der Waals surface area contributed by atoms with Crippen LogP contribution in [0.4, 0.5) is 0 Å². The number of benzene rings is 1. The van der Waals surface area contributed by atoms with Crippen molar-refractivity contribution >= 4 is 29.3 Å². The number of hydrogen-bond donors (Lipinski definition) is 1. The molecule has 1 aromatic heterocycles. The lowest BCUT2D eigenvalue weighted by Gasteiger charge is -2.16. The van der Waals surface area contributed by atoms with E-state index < -0.39 is 0 Å². The third kappa shape index (κ3) is 3.95. The Morgan fingerprint density at radius 1 is 1.19 bits per heavy atom. The van der Waals surface area contributed by atoms with Crippen LogP contribution in [0, 0.1) is 0 Å². The van der Waals surface area contributed by atoms with Gasteiger partial charge in [0.2, 0.25) is 5.91 Å². The first-order chi connectivity index (χ1) is 10.2. The van der Waals surface area contributed by atoms with E-state index in [0.29, 0.717) is 16.2 Å². The summed E-state index contributed by atoms with van der Waals surface area (Å²) < 4.78 is 0. The molecule has 0 saturated heterocycles. The highest BCUT2D eigenvalue weighted by Gasteiger charge is 2.29. The second-order valence-corrected chi connectivity index (χ2v) is 6.40. The van der Waals surface area contributed by atoms with Crippen molar-refractivity contribution in [2.45, 2.75) is 29.2 Å². The molecule has 1 amide bonds. The summed E-state index contributed by atoms with van der Waals surface area (Å²) in [7, 11) is 0. The topological polar surface area (TPSA) is 54.9 Å². The average molecular weight is 320 g/mol. The van der Waals surface area contributed by atoms with Crippen molar-refractivity contribution in [1.82, 2.24) is 15.5 Å². The number of aromatic nitrogens is 2. The summed E-state index contributed by atoms with van der Waals surface area (Å²) in [5, 5.41) is 11.6. The minimum Gasteiger partial charge on any atom is -0.352 e. The fourth-order valence-electron chi connectivity index (χ4n) is 1.89. The predicted molar refractivity (Wildman–Crippen MR) is 83.2 cm³/mol. The van der Waals surface area contributed by atoms with Crippen molar-refractivity contribution < 1.29 is 4.79 Å². The van der Waals surface area contributed by atoms with Gasteiger partial charge in [-0.1, -0.05) is 53.7 Å². The lowest BCUT2D eigenvalue weighted by molar-refractivity contribution is -0.120. The van der Waals surface area contributed by atoms with E-state index in [2.05, 4.69) is 15.5 Å². The van der Waals surface area contributed by atoms with Gasteiger partial charge in [0.25, 0.3) is 0 Å². The lowest BCUT2D eigenvalue weighted by Crippen LogP contribution is -2.29. The molecule has 0 bridgehead atoms. The highest BCUT2D eigenvalue weighted by Crippen LogP contribution is 2.35. The van der Waals surface area contributed by atoms with Gasteiger partial charge in [-0.05, 0) is 30.5 Å². The highest BCUT2D eigenvalue weighted by atomic mass is 35.5. The molecule has 1 atom stereocenters. The largest absolute Gasteiger partial charge is 0.352 e. The van der Waals surface area contributed by atoms with Gasteiger partial charge in [-0.15, -0.1) is 10.2 Å². The number of thioether (sulfide) groups is 1. The maximum atomic E-state index is 12.5. The summed E-state index contributed by atoms with van der Waals surface area (Å²) in [6, 6.07) is 13.5. The van der Waals surface area contributed by atoms with Gasteiger partial charge in [0, 0.05) is 6.04 Å². The van der Waals surface area contributed by atoms with Gasteiger partial charge >= 0.3 is 0 Å². The van der Waals surface area contributed by atoms with Crippen molar-refractivity contribution in [2.24, 2.45) is 0 Å². The Bertz CT molecular complexity index is 617. The van der Waals surface area contributed by atoms with Crippen LogP contribution < -0.4 is 5.32 Å². The number of halogens is 1. The SMILES string of the molecule is O=C(NC1CC1)[C@@H](Sc1ccc(Cl)nn1)c1ccccc1. The quantitative estimate of drug-likeness (QED) is 0.860. The fourth-order valence-corrected chi connectivity index (χ4v) is 2.94. The summed E-state index contributed by atoms with van der Waals surface area (Å²) >= 11 is 7.13. The zero-order chi connectivity index (χ0) is 14.7. The van der Waals surface area contributed by atoms with E-state index in [1.165, 1.54) is 11.8 Å². The summed E-state index contributed by atoms with van der Waals surface area (Å²) in [6.45, 7) is 0.